The van der Waals surface area contributed by atoms with E-state index in [2.05, 4.69) is 6.07 Å². The summed E-state index contributed by atoms with van der Waals surface area (Å²) in [6.07, 6.45) is 0. The molecule has 1 aromatic heterocycles. The fourth-order valence-electron chi connectivity index (χ4n) is 0.769. The van der Waals surface area contributed by atoms with Crippen LogP contribution >= 0.6 is 11.3 Å². The van der Waals surface area contributed by atoms with Gasteiger partial charge in [0.1, 0.15) is 5.54 Å². The highest BCUT2D eigenvalue weighted by Crippen LogP contribution is 2.24. The van der Waals surface area contributed by atoms with Crippen LogP contribution in [0.15, 0.2) is 12.1 Å². The van der Waals surface area contributed by atoms with Crippen molar-refractivity contribution in [2.45, 2.75) is 19.4 Å². The van der Waals surface area contributed by atoms with E-state index in [1.165, 1.54) is 4.88 Å². The Kier molecular flexibility index (Phi) is 1.99. The first-order chi connectivity index (χ1) is 5.06. The molecule has 0 spiro atoms. The number of aryl methyl sites for hydroxylation is 1. The van der Waals surface area contributed by atoms with Crippen LogP contribution in [0, 0.1) is 18.3 Å². The number of thiophene rings is 1. The highest BCUT2D eigenvalue weighted by Gasteiger charge is 2.21. The molecule has 0 aliphatic rings. The normalized spacial score (nSPS) is 15.5. The van der Waals surface area contributed by atoms with Crippen molar-refractivity contribution in [3.63, 3.8) is 0 Å². The number of nitriles is 1. The smallest absolute Gasteiger partial charge is 0.136 e. The maximum atomic E-state index is 8.69. The first-order valence-electron chi connectivity index (χ1n) is 3.33. The van der Waals surface area contributed by atoms with Crippen molar-refractivity contribution < 1.29 is 0 Å². The monoisotopic (exact) mass is 166 g/mol. The largest absolute Gasteiger partial charge is 0.309 e. The Morgan fingerprint density at radius 2 is 2.27 bits per heavy atom. The third-order valence-corrected chi connectivity index (χ3v) is 2.72. The van der Waals surface area contributed by atoms with Crippen LogP contribution in [0.2, 0.25) is 0 Å². The van der Waals surface area contributed by atoms with Crippen LogP contribution in [0.1, 0.15) is 16.7 Å². The molecule has 1 aromatic rings. The Hall–Kier alpha value is -0.850. The van der Waals surface area contributed by atoms with E-state index in [0.29, 0.717) is 0 Å². The van der Waals surface area contributed by atoms with E-state index in [9.17, 15) is 0 Å². The number of nitrogens with two attached hydrogens (primary N) is 1. The SMILES string of the molecule is Cc1ccc(C(C)(N)C#N)s1. The molecule has 0 saturated heterocycles. The molecule has 1 rings (SSSR count). The Morgan fingerprint density at radius 3 is 2.64 bits per heavy atom. The lowest BCUT2D eigenvalue weighted by molar-refractivity contribution is 0.661. The van der Waals surface area contributed by atoms with Gasteiger partial charge < -0.3 is 5.73 Å². The second-order valence-corrected chi connectivity index (χ2v) is 4.01. The van der Waals surface area contributed by atoms with Gasteiger partial charge in [-0.05, 0) is 26.0 Å². The predicted octanol–water partition coefficient (Wildman–Crippen LogP) is 1.75. The maximum Gasteiger partial charge on any atom is 0.136 e. The lowest BCUT2D eigenvalue weighted by Crippen LogP contribution is -2.29. The minimum atomic E-state index is -0.821. The van der Waals surface area contributed by atoms with Gasteiger partial charge in [-0.2, -0.15) is 5.26 Å². The van der Waals surface area contributed by atoms with Crippen molar-refractivity contribution in [2.24, 2.45) is 5.73 Å². The summed E-state index contributed by atoms with van der Waals surface area (Å²) in [5.74, 6) is 0. The zero-order chi connectivity index (χ0) is 8.48. The topological polar surface area (TPSA) is 49.8 Å². The van der Waals surface area contributed by atoms with Crippen LogP contribution in [-0.2, 0) is 5.54 Å². The third-order valence-electron chi connectivity index (χ3n) is 1.48. The molecule has 2 nitrogen and oxygen atoms in total. The van der Waals surface area contributed by atoms with Gasteiger partial charge in [0, 0.05) is 9.75 Å². The van der Waals surface area contributed by atoms with Crippen LogP contribution in [0.4, 0.5) is 0 Å². The number of hydrogen-bond acceptors (Lipinski definition) is 3. The summed E-state index contributed by atoms with van der Waals surface area (Å²) in [4.78, 5) is 2.12. The van der Waals surface area contributed by atoms with Crippen LogP contribution in [0.5, 0.6) is 0 Å². The summed E-state index contributed by atoms with van der Waals surface area (Å²) < 4.78 is 0. The molecule has 1 unspecified atom stereocenters. The molecule has 0 aliphatic carbocycles. The van der Waals surface area contributed by atoms with Gasteiger partial charge in [0.25, 0.3) is 0 Å². The Bertz CT molecular complexity index is 293. The average Bonchev–Trinajstić information content (AvgIpc) is 2.36. The third kappa shape index (κ3) is 1.59. The molecule has 0 bridgehead atoms. The lowest BCUT2D eigenvalue weighted by atomic mass is 10.1. The lowest BCUT2D eigenvalue weighted by Gasteiger charge is -2.11. The summed E-state index contributed by atoms with van der Waals surface area (Å²) in [5.41, 5.74) is 4.88. The van der Waals surface area contributed by atoms with Crippen molar-refractivity contribution in [1.82, 2.24) is 0 Å². The molecule has 2 N–H and O–H groups in total. The molecule has 0 radical (unpaired) electrons. The molecular weight excluding hydrogens is 156 g/mol. The van der Waals surface area contributed by atoms with Gasteiger partial charge in [0.2, 0.25) is 0 Å². The van der Waals surface area contributed by atoms with E-state index in [0.717, 1.165) is 4.88 Å². The fraction of sp³-hybridized carbons (Fsp3) is 0.375. The van der Waals surface area contributed by atoms with Crippen LogP contribution in [0.3, 0.4) is 0 Å². The zero-order valence-corrected chi connectivity index (χ0v) is 7.40. The molecule has 0 saturated carbocycles. The highest BCUT2D eigenvalue weighted by atomic mass is 32.1. The quantitative estimate of drug-likeness (QED) is 0.691. The minimum absolute atomic E-state index is 0.821. The molecule has 1 heterocycles. The van der Waals surface area contributed by atoms with Gasteiger partial charge in [0.05, 0.1) is 6.07 Å². The van der Waals surface area contributed by atoms with Crippen molar-refractivity contribution in [2.75, 3.05) is 0 Å². The van der Waals surface area contributed by atoms with Crippen LogP contribution in [0.25, 0.3) is 0 Å². The molecule has 11 heavy (non-hydrogen) atoms. The molecule has 0 fully saturated rings. The molecular formula is C8H10N2S. The van der Waals surface area contributed by atoms with Crippen LogP contribution < -0.4 is 5.73 Å². The van der Waals surface area contributed by atoms with E-state index in [4.69, 9.17) is 11.0 Å². The Balaban J connectivity index is 3.04. The summed E-state index contributed by atoms with van der Waals surface area (Å²) >= 11 is 1.57. The van der Waals surface area contributed by atoms with Crippen molar-refractivity contribution in [3.05, 3.63) is 21.9 Å². The van der Waals surface area contributed by atoms with Gasteiger partial charge >= 0.3 is 0 Å². The summed E-state index contributed by atoms with van der Waals surface area (Å²) in [5, 5.41) is 8.69. The van der Waals surface area contributed by atoms with E-state index in [1.807, 2.05) is 19.1 Å². The van der Waals surface area contributed by atoms with E-state index in [-0.39, 0.29) is 0 Å². The van der Waals surface area contributed by atoms with Crippen LogP contribution in [-0.4, -0.2) is 0 Å². The first-order valence-corrected chi connectivity index (χ1v) is 4.15. The molecule has 0 amide bonds. The van der Waals surface area contributed by atoms with Crippen molar-refractivity contribution >= 4 is 11.3 Å². The summed E-state index contributed by atoms with van der Waals surface area (Å²) in [6, 6.07) is 5.94. The number of hydrogen-bond donors (Lipinski definition) is 1. The second-order valence-electron chi connectivity index (χ2n) is 2.72. The summed E-state index contributed by atoms with van der Waals surface area (Å²) in [7, 11) is 0. The fourth-order valence-corrected chi connectivity index (χ4v) is 1.65. The Labute approximate surface area is 70.3 Å². The maximum absolute atomic E-state index is 8.69. The Morgan fingerprint density at radius 1 is 1.64 bits per heavy atom. The highest BCUT2D eigenvalue weighted by molar-refractivity contribution is 7.12. The van der Waals surface area contributed by atoms with Gasteiger partial charge in [0.15, 0.2) is 0 Å². The zero-order valence-electron chi connectivity index (χ0n) is 6.59. The van der Waals surface area contributed by atoms with Crippen molar-refractivity contribution in [1.29, 1.82) is 5.26 Å². The van der Waals surface area contributed by atoms with E-state index in [1.54, 1.807) is 18.3 Å². The molecule has 0 aromatic carbocycles. The second kappa shape index (κ2) is 2.65. The molecule has 1 atom stereocenters. The average molecular weight is 166 g/mol. The van der Waals surface area contributed by atoms with Gasteiger partial charge in [-0.15, -0.1) is 11.3 Å². The van der Waals surface area contributed by atoms with E-state index < -0.39 is 5.54 Å². The summed E-state index contributed by atoms with van der Waals surface area (Å²) in [6.45, 7) is 3.72. The number of nitrogens with zero attached hydrogens (tertiary/aromatic N) is 1. The van der Waals surface area contributed by atoms with Gasteiger partial charge in [-0.1, -0.05) is 0 Å². The number of rotatable bonds is 1. The molecule has 0 aliphatic heterocycles. The van der Waals surface area contributed by atoms with E-state index >= 15 is 0 Å². The molecule has 3 heteroatoms. The van der Waals surface area contributed by atoms with Gasteiger partial charge in [-0.25, -0.2) is 0 Å². The predicted molar refractivity (Wildman–Crippen MR) is 46.2 cm³/mol. The standard InChI is InChI=1S/C8H10N2S/c1-6-3-4-7(11-6)8(2,10)5-9/h3-4H,10H2,1-2H3. The molecule has 58 valence electrons. The van der Waals surface area contributed by atoms with Gasteiger partial charge in [-0.3, -0.25) is 0 Å². The first kappa shape index (κ1) is 8.25. The minimum Gasteiger partial charge on any atom is -0.309 e. The van der Waals surface area contributed by atoms with Crippen molar-refractivity contribution in [3.8, 4) is 6.07 Å².